The van der Waals surface area contributed by atoms with Crippen LogP contribution in [0.1, 0.15) is 43.0 Å². The Morgan fingerprint density at radius 3 is 2.45 bits per heavy atom. The lowest BCUT2D eigenvalue weighted by molar-refractivity contribution is -0.116. The number of amides is 1. The van der Waals surface area contributed by atoms with E-state index in [4.69, 9.17) is 4.74 Å². The number of hydrogen-bond acceptors (Lipinski definition) is 3. The molecular weight excluding hydrogens is 254 g/mol. The molecule has 1 saturated heterocycles. The minimum Gasteiger partial charge on any atom is -0.381 e. The number of anilines is 1. The van der Waals surface area contributed by atoms with Crippen LogP contribution in [0.5, 0.6) is 0 Å². The predicted molar refractivity (Wildman–Crippen MR) is 77.9 cm³/mol. The number of carbonyl (C=O) groups is 2. The van der Waals surface area contributed by atoms with Crippen LogP contribution in [0.2, 0.25) is 0 Å². The number of Topliss-reactive ketones (excluding diaryl/α,β-unsaturated/α-hetero) is 1. The van der Waals surface area contributed by atoms with Gasteiger partial charge in [0.1, 0.15) is 0 Å². The van der Waals surface area contributed by atoms with Crippen LogP contribution >= 0.6 is 0 Å². The van der Waals surface area contributed by atoms with Gasteiger partial charge in [0.2, 0.25) is 5.91 Å². The van der Waals surface area contributed by atoms with Crippen molar-refractivity contribution >= 4 is 17.4 Å². The highest BCUT2D eigenvalue weighted by molar-refractivity contribution is 5.95. The number of carbonyl (C=O) groups excluding carboxylic acids is 2. The van der Waals surface area contributed by atoms with Gasteiger partial charge in [-0.15, -0.1) is 0 Å². The summed E-state index contributed by atoms with van der Waals surface area (Å²) in [6.45, 7) is 3.17. The topological polar surface area (TPSA) is 55.4 Å². The molecule has 0 atom stereocenters. The second-order valence-corrected chi connectivity index (χ2v) is 5.28. The molecule has 108 valence electrons. The zero-order valence-corrected chi connectivity index (χ0v) is 11.9. The lowest BCUT2D eigenvalue weighted by atomic mass is 9.95. The zero-order chi connectivity index (χ0) is 14.4. The van der Waals surface area contributed by atoms with Gasteiger partial charge in [0, 0.05) is 30.9 Å². The monoisotopic (exact) mass is 275 g/mol. The molecule has 0 spiro atoms. The van der Waals surface area contributed by atoms with Crippen LogP contribution in [0.3, 0.4) is 0 Å². The molecule has 1 amide bonds. The summed E-state index contributed by atoms with van der Waals surface area (Å²) in [4.78, 5) is 23.0. The van der Waals surface area contributed by atoms with E-state index in [0.29, 0.717) is 17.9 Å². The molecule has 1 aliphatic heterocycles. The summed E-state index contributed by atoms with van der Waals surface area (Å²) < 4.78 is 5.30. The Kier molecular flexibility index (Phi) is 5.30. The summed E-state index contributed by atoms with van der Waals surface area (Å²) in [5, 5.41) is 2.87. The Labute approximate surface area is 119 Å². The standard InChI is InChI=1S/C16H21NO3/c1-12(18)14-3-5-15(6-4-14)17-16(19)7-2-13-8-10-20-11-9-13/h3-6,13H,2,7-11H2,1H3,(H,17,19). The molecule has 0 bridgehead atoms. The van der Waals surface area contributed by atoms with Crippen LogP contribution in [0.4, 0.5) is 5.69 Å². The Morgan fingerprint density at radius 1 is 1.20 bits per heavy atom. The molecule has 0 aromatic heterocycles. The molecule has 1 N–H and O–H groups in total. The first-order chi connectivity index (χ1) is 9.65. The average Bonchev–Trinajstić information content (AvgIpc) is 2.47. The number of nitrogens with one attached hydrogen (secondary N) is 1. The second-order valence-electron chi connectivity index (χ2n) is 5.28. The molecule has 1 fully saturated rings. The van der Waals surface area contributed by atoms with Crippen LogP contribution < -0.4 is 5.32 Å². The summed E-state index contributed by atoms with van der Waals surface area (Å²) in [6, 6.07) is 7.00. The Bertz CT molecular complexity index is 461. The van der Waals surface area contributed by atoms with Crippen molar-refractivity contribution in [2.24, 2.45) is 5.92 Å². The van der Waals surface area contributed by atoms with Gasteiger partial charge in [0.25, 0.3) is 0 Å². The van der Waals surface area contributed by atoms with E-state index in [9.17, 15) is 9.59 Å². The summed E-state index contributed by atoms with van der Waals surface area (Å²) >= 11 is 0. The quantitative estimate of drug-likeness (QED) is 0.840. The van der Waals surface area contributed by atoms with E-state index in [1.54, 1.807) is 24.3 Å². The molecule has 1 aromatic carbocycles. The van der Waals surface area contributed by atoms with Gasteiger partial charge in [-0.2, -0.15) is 0 Å². The molecule has 4 nitrogen and oxygen atoms in total. The van der Waals surface area contributed by atoms with E-state index < -0.39 is 0 Å². The number of ketones is 1. The Balaban J connectivity index is 1.77. The second kappa shape index (κ2) is 7.20. The van der Waals surface area contributed by atoms with E-state index in [0.717, 1.165) is 38.2 Å². The van der Waals surface area contributed by atoms with E-state index in [1.165, 1.54) is 6.92 Å². The molecule has 1 heterocycles. The van der Waals surface area contributed by atoms with Crippen molar-refractivity contribution in [1.82, 2.24) is 0 Å². The van der Waals surface area contributed by atoms with Crippen molar-refractivity contribution in [2.45, 2.75) is 32.6 Å². The van der Waals surface area contributed by atoms with Gasteiger partial charge in [-0.25, -0.2) is 0 Å². The minimum absolute atomic E-state index is 0.0300. The van der Waals surface area contributed by atoms with E-state index in [2.05, 4.69) is 5.32 Å². The highest BCUT2D eigenvalue weighted by atomic mass is 16.5. The van der Waals surface area contributed by atoms with Crippen LogP contribution in [-0.2, 0) is 9.53 Å². The first-order valence-electron chi connectivity index (χ1n) is 7.14. The van der Waals surface area contributed by atoms with Gasteiger partial charge in [-0.05, 0) is 56.4 Å². The number of rotatable bonds is 5. The zero-order valence-electron chi connectivity index (χ0n) is 11.9. The van der Waals surface area contributed by atoms with Gasteiger partial charge in [0.05, 0.1) is 0 Å². The van der Waals surface area contributed by atoms with E-state index in [1.807, 2.05) is 0 Å². The summed E-state index contributed by atoms with van der Waals surface area (Å²) in [6.07, 6.45) is 3.57. The third-order valence-electron chi connectivity index (χ3n) is 3.70. The fourth-order valence-corrected chi connectivity index (χ4v) is 2.38. The fraction of sp³-hybridized carbons (Fsp3) is 0.500. The predicted octanol–water partition coefficient (Wildman–Crippen LogP) is 3.03. The lowest BCUT2D eigenvalue weighted by Crippen LogP contribution is -2.18. The molecule has 0 saturated carbocycles. The molecule has 0 radical (unpaired) electrons. The minimum atomic E-state index is 0.0300. The molecule has 2 rings (SSSR count). The first-order valence-corrected chi connectivity index (χ1v) is 7.14. The molecule has 0 unspecified atom stereocenters. The highest BCUT2D eigenvalue weighted by Crippen LogP contribution is 2.20. The highest BCUT2D eigenvalue weighted by Gasteiger charge is 2.15. The third-order valence-corrected chi connectivity index (χ3v) is 3.70. The van der Waals surface area contributed by atoms with Gasteiger partial charge < -0.3 is 10.1 Å². The number of ether oxygens (including phenoxy) is 1. The third kappa shape index (κ3) is 4.46. The van der Waals surface area contributed by atoms with Crippen molar-refractivity contribution in [3.05, 3.63) is 29.8 Å². The SMILES string of the molecule is CC(=O)c1ccc(NC(=O)CCC2CCOCC2)cc1. The van der Waals surface area contributed by atoms with Crippen molar-refractivity contribution < 1.29 is 14.3 Å². The van der Waals surface area contributed by atoms with Crippen molar-refractivity contribution in [2.75, 3.05) is 18.5 Å². The van der Waals surface area contributed by atoms with Crippen molar-refractivity contribution in [3.8, 4) is 0 Å². The van der Waals surface area contributed by atoms with Crippen LogP contribution in [0, 0.1) is 5.92 Å². The van der Waals surface area contributed by atoms with Crippen molar-refractivity contribution in [1.29, 1.82) is 0 Å². The number of benzene rings is 1. The van der Waals surface area contributed by atoms with Gasteiger partial charge >= 0.3 is 0 Å². The Hall–Kier alpha value is -1.68. The summed E-state index contributed by atoms with van der Waals surface area (Å²) in [7, 11) is 0. The largest absolute Gasteiger partial charge is 0.381 e. The molecular formula is C16H21NO3. The summed E-state index contributed by atoms with van der Waals surface area (Å²) in [5.41, 5.74) is 1.40. The molecule has 20 heavy (non-hydrogen) atoms. The van der Waals surface area contributed by atoms with Gasteiger partial charge in [-0.3, -0.25) is 9.59 Å². The van der Waals surface area contributed by atoms with E-state index >= 15 is 0 Å². The molecule has 0 aliphatic carbocycles. The average molecular weight is 275 g/mol. The number of hydrogen-bond donors (Lipinski definition) is 1. The maximum atomic E-state index is 11.9. The first kappa shape index (κ1) is 14.7. The lowest BCUT2D eigenvalue weighted by Gasteiger charge is -2.21. The summed E-state index contributed by atoms with van der Waals surface area (Å²) in [5.74, 6) is 0.670. The fourth-order valence-electron chi connectivity index (χ4n) is 2.38. The normalized spacial score (nSPS) is 15.8. The van der Waals surface area contributed by atoms with Crippen LogP contribution in [0.25, 0.3) is 0 Å². The van der Waals surface area contributed by atoms with Crippen molar-refractivity contribution in [3.63, 3.8) is 0 Å². The maximum Gasteiger partial charge on any atom is 0.224 e. The van der Waals surface area contributed by atoms with Gasteiger partial charge in [-0.1, -0.05) is 0 Å². The molecule has 4 heteroatoms. The maximum absolute atomic E-state index is 11.9. The molecule has 1 aliphatic rings. The Morgan fingerprint density at radius 2 is 1.85 bits per heavy atom. The van der Waals surface area contributed by atoms with Crippen LogP contribution in [0.15, 0.2) is 24.3 Å². The van der Waals surface area contributed by atoms with Crippen LogP contribution in [-0.4, -0.2) is 24.9 Å². The molecule has 1 aromatic rings. The van der Waals surface area contributed by atoms with Gasteiger partial charge in [0.15, 0.2) is 5.78 Å². The smallest absolute Gasteiger partial charge is 0.224 e. The van der Waals surface area contributed by atoms with E-state index in [-0.39, 0.29) is 11.7 Å².